The predicted molar refractivity (Wildman–Crippen MR) is 143 cm³/mol. The van der Waals surface area contributed by atoms with E-state index in [0.717, 1.165) is 12.5 Å². The molecule has 0 amide bonds. The van der Waals surface area contributed by atoms with Crippen LogP contribution in [0.2, 0.25) is 0 Å². The molecule has 41 heavy (non-hydrogen) atoms. The van der Waals surface area contributed by atoms with Crippen LogP contribution >= 0.6 is 0 Å². The molecule has 2 aliphatic heterocycles. The molecule has 0 spiro atoms. The Balaban J connectivity index is 1.94. The highest BCUT2D eigenvalue weighted by Gasteiger charge is 2.54. The normalized spacial score (nSPS) is 26.1. The molecule has 1 saturated heterocycles. The van der Waals surface area contributed by atoms with Gasteiger partial charge in [0.15, 0.2) is 29.9 Å². The second-order valence-corrected chi connectivity index (χ2v) is 10.2. The lowest BCUT2D eigenvalue weighted by Gasteiger charge is -2.33. The minimum absolute atomic E-state index is 0.0410. The van der Waals surface area contributed by atoms with E-state index in [1.807, 2.05) is 30.3 Å². The van der Waals surface area contributed by atoms with Gasteiger partial charge in [-0.05, 0) is 25.0 Å². The first-order chi connectivity index (χ1) is 19.4. The summed E-state index contributed by atoms with van der Waals surface area (Å²) < 4.78 is 34.2. The molecule has 2 aliphatic rings. The summed E-state index contributed by atoms with van der Waals surface area (Å²) in [5.41, 5.74) is -0.609. The van der Waals surface area contributed by atoms with Crippen molar-refractivity contribution in [2.75, 3.05) is 6.61 Å². The van der Waals surface area contributed by atoms with Gasteiger partial charge in [-0.25, -0.2) is 0 Å². The molecule has 1 fully saturated rings. The van der Waals surface area contributed by atoms with Crippen molar-refractivity contribution in [3.63, 3.8) is 0 Å². The maximum absolute atomic E-state index is 13.9. The van der Waals surface area contributed by atoms with Crippen molar-refractivity contribution in [2.24, 2.45) is 0 Å². The highest BCUT2D eigenvalue weighted by molar-refractivity contribution is 5.97. The molecule has 0 aliphatic carbocycles. The second-order valence-electron chi connectivity index (χ2n) is 10.2. The summed E-state index contributed by atoms with van der Waals surface area (Å²) >= 11 is 0. The van der Waals surface area contributed by atoms with Crippen molar-refractivity contribution < 1.29 is 52.4 Å². The van der Waals surface area contributed by atoms with Crippen LogP contribution < -0.4 is 0 Å². The van der Waals surface area contributed by atoms with Gasteiger partial charge in [-0.3, -0.25) is 24.0 Å². The van der Waals surface area contributed by atoms with Gasteiger partial charge in [0.2, 0.25) is 0 Å². The maximum atomic E-state index is 13.9. The maximum Gasteiger partial charge on any atom is 0.303 e. The quantitative estimate of drug-likeness (QED) is 0.196. The summed E-state index contributed by atoms with van der Waals surface area (Å²) in [5, 5.41) is 0. The van der Waals surface area contributed by atoms with Gasteiger partial charge >= 0.3 is 17.9 Å². The summed E-state index contributed by atoms with van der Waals surface area (Å²) in [4.78, 5) is 62.3. The highest BCUT2D eigenvalue weighted by Crippen LogP contribution is 2.34. The first-order valence-corrected chi connectivity index (χ1v) is 13.3. The molecular weight excluding hydrogens is 536 g/mol. The number of ketones is 2. The molecule has 11 nitrogen and oxygen atoms in total. The molecule has 1 aromatic rings. The van der Waals surface area contributed by atoms with E-state index in [-0.39, 0.29) is 19.6 Å². The van der Waals surface area contributed by atoms with Crippen molar-refractivity contribution in [1.82, 2.24) is 0 Å². The summed E-state index contributed by atoms with van der Waals surface area (Å²) in [6.45, 7) is 8.51. The first kappa shape index (κ1) is 31.9. The Bertz CT molecular complexity index is 1160. The molecule has 7 atom stereocenters. The topological polar surface area (TPSA) is 141 Å². The van der Waals surface area contributed by atoms with Crippen LogP contribution in [-0.4, -0.2) is 78.3 Å². The molecule has 0 saturated carbocycles. The van der Waals surface area contributed by atoms with E-state index in [4.69, 9.17) is 28.4 Å². The smallest absolute Gasteiger partial charge is 0.303 e. The number of benzene rings is 1. The molecule has 0 N–H and O–H groups in total. The van der Waals surface area contributed by atoms with Crippen LogP contribution in [0.4, 0.5) is 0 Å². The molecule has 222 valence electrons. The monoisotopic (exact) mass is 572 g/mol. The van der Waals surface area contributed by atoms with E-state index in [0.29, 0.717) is 6.42 Å². The number of esters is 3. The van der Waals surface area contributed by atoms with Crippen LogP contribution in [0, 0.1) is 0 Å². The number of carbonyl (C=O) groups excluding carboxylic acids is 5. The van der Waals surface area contributed by atoms with Crippen LogP contribution in [0.25, 0.3) is 0 Å². The van der Waals surface area contributed by atoms with E-state index >= 15 is 0 Å². The third kappa shape index (κ3) is 8.91. The van der Waals surface area contributed by atoms with Crippen LogP contribution in [0.5, 0.6) is 0 Å². The van der Waals surface area contributed by atoms with Crippen molar-refractivity contribution in [3.8, 4) is 0 Å². The van der Waals surface area contributed by atoms with Crippen molar-refractivity contribution in [1.29, 1.82) is 0 Å². The summed E-state index contributed by atoms with van der Waals surface area (Å²) in [7, 11) is 0. The minimum Gasteiger partial charge on any atom is -0.462 e. The molecule has 0 radical (unpaired) electrons. The van der Waals surface area contributed by atoms with Gasteiger partial charge < -0.3 is 28.4 Å². The van der Waals surface area contributed by atoms with Gasteiger partial charge in [0, 0.05) is 27.2 Å². The molecule has 3 rings (SSSR count). The van der Waals surface area contributed by atoms with Crippen molar-refractivity contribution in [2.45, 2.75) is 89.4 Å². The van der Waals surface area contributed by atoms with Gasteiger partial charge in [0.1, 0.15) is 18.3 Å². The first-order valence-electron chi connectivity index (χ1n) is 13.3. The van der Waals surface area contributed by atoms with Crippen LogP contribution in [0.15, 0.2) is 55.1 Å². The average Bonchev–Trinajstić information content (AvgIpc) is 3.20. The zero-order valence-electron chi connectivity index (χ0n) is 23.6. The zero-order valence-corrected chi connectivity index (χ0v) is 23.6. The number of hydrogen-bond acceptors (Lipinski definition) is 11. The summed E-state index contributed by atoms with van der Waals surface area (Å²) in [6.07, 6.45) is -2.19. The Hall–Kier alpha value is -3.67. The average molecular weight is 573 g/mol. The largest absolute Gasteiger partial charge is 0.462 e. The summed E-state index contributed by atoms with van der Waals surface area (Å²) in [6, 6.07) is 9.11. The molecule has 2 heterocycles. The molecular formula is C30H36O11. The number of rotatable bonds is 13. The predicted octanol–water partition coefficient (Wildman–Crippen LogP) is 2.58. The summed E-state index contributed by atoms with van der Waals surface area (Å²) in [5.74, 6) is -3.06. The SMILES string of the molecule is C=CCC1C=CC(=O)C([C@@H](OC(C)=O)C2OC(C[C@@](C)(COC(C)=O)OC(C)=O)C(OCc3ccccc3)C2=O)O1. The fraction of sp³-hybridized carbons (Fsp3) is 0.500. The Morgan fingerprint density at radius 1 is 1.02 bits per heavy atom. The third-order valence-corrected chi connectivity index (χ3v) is 6.47. The van der Waals surface area contributed by atoms with Crippen molar-refractivity contribution >= 4 is 29.5 Å². The number of ether oxygens (including phenoxy) is 6. The molecule has 0 bridgehead atoms. The Morgan fingerprint density at radius 3 is 2.34 bits per heavy atom. The second kappa shape index (κ2) is 14.3. The van der Waals surface area contributed by atoms with Gasteiger partial charge in [-0.1, -0.05) is 42.5 Å². The standard InChI is InChI=1S/C30H36O11/c1-6-10-22-13-14-23(34)26(39-22)29(38-19(3)32)28-25(35)27(36-16-21-11-8-7-9-12-21)24(40-28)15-30(5,41-20(4)33)17-37-18(2)31/h6-9,11-14,22,24,26-29H,1,10,15-17H2,2-5H3/t22?,24?,26?,27?,28?,29-,30+/m1/s1. The lowest BCUT2D eigenvalue weighted by atomic mass is 9.93. The van der Waals surface area contributed by atoms with Gasteiger partial charge in [-0.15, -0.1) is 6.58 Å². The molecule has 5 unspecified atom stereocenters. The van der Waals surface area contributed by atoms with E-state index in [1.165, 1.54) is 26.8 Å². The van der Waals surface area contributed by atoms with Crippen LogP contribution in [-0.2, 0) is 59.0 Å². The highest BCUT2D eigenvalue weighted by atomic mass is 16.6. The van der Waals surface area contributed by atoms with E-state index in [2.05, 4.69) is 6.58 Å². The Morgan fingerprint density at radius 2 is 1.73 bits per heavy atom. The van der Waals surface area contributed by atoms with E-state index < -0.39 is 71.7 Å². The molecule has 0 aromatic heterocycles. The zero-order chi connectivity index (χ0) is 30.2. The lowest BCUT2D eigenvalue weighted by molar-refractivity contribution is -0.184. The van der Waals surface area contributed by atoms with Gasteiger partial charge in [-0.2, -0.15) is 0 Å². The third-order valence-electron chi connectivity index (χ3n) is 6.47. The molecule has 1 aromatic carbocycles. The number of hydrogen-bond donors (Lipinski definition) is 0. The van der Waals surface area contributed by atoms with Crippen molar-refractivity contribution in [3.05, 3.63) is 60.7 Å². The van der Waals surface area contributed by atoms with Crippen LogP contribution in [0.1, 0.15) is 46.1 Å². The minimum atomic E-state index is -1.44. The number of Topliss-reactive ketones (excluding diaryl/α,β-unsaturated/α-hetero) is 1. The van der Waals surface area contributed by atoms with E-state index in [1.54, 1.807) is 12.2 Å². The Labute approximate surface area is 238 Å². The fourth-order valence-corrected chi connectivity index (χ4v) is 4.78. The van der Waals surface area contributed by atoms with Gasteiger partial charge in [0.25, 0.3) is 0 Å². The Kier molecular flexibility index (Phi) is 11.1. The molecule has 11 heteroatoms. The number of carbonyl (C=O) groups is 5. The van der Waals surface area contributed by atoms with Gasteiger partial charge in [0.05, 0.1) is 18.8 Å². The van der Waals surface area contributed by atoms with Crippen LogP contribution in [0.3, 0.4) is 0 Å². The fourth-order valence-electron chi connectivity index (χ4n) is 4.78. The lowest BCUT2D eigenvalue weighted by Crippen LogP contribution is -2.51. The van der Waals surface area contributed by atoms with E-state index in [9.17, 15) is 24.0 Å².